The van der Waals surface area contributed by atoms with Gasteiger partial charge in [0, 0.05) is 22.6 Å². The van der Waals surface area contributed by atoms with Crippen LogP contribution in [-0.2, 0) is 6.54 Å². The first-order valence-corrected chi connectivity index (χ1v) is 8.21. The molecule has 2 fully saturated rings. The van der Waals surface area contributed by atoms with Gasteiger partial charge in [-0.1, -0.05) is 27.5 Å². The van der Waals surface area contributed by atoms with Gasteiger partial charge in [-0.25, -0.2) is 0 Å². The van der Waals surface area contributed by atoms with Crippen LogP contribution in [0.25, 0.3) is 0 Å². The van der Waals surface area contributed by atoms with Gasteiger partial charge in [0.05, 0.1) is 0 Å². The molecule has 1 N–H and O–H groups in total. The summed E-state index contributed by atoms with van der Waals surface area (Å²) in [6.45, 7) is 5.85. The quantitative estimate of drug-likeness (QED) is 0.881. The third-order valence-electron chi connectivity index (χ3n) is 4.58. The number of nitrogens with zero attached hydrogens (tertiary/aromatic N) is 1. The molecule has 2 nitrogen and oxygen atoms in total. The van der Waals surface area contributed by atoms with Crippen LogP contribution in [0.5, 0.6) is 0 Å². The van der Waals surface area contributed by atoms with Crippen molar-refractivity contribution in [3.05, 3.63) is 33.3 Å². The second-order valence-corrected chi connectivity index (χ2v) is 7.24. The van der Waals surface area contributed by atoms with E-state index >= 15 is 0 Å². The first-order valence-electron chi connectivity index (χ1n) is 7.04. The molecule has 0 aromatic heterocycles. The minimum atomic E-state index is 0.580. The van der Waals surface area contributed by atoms with Crippen molar-refractivity contribution in [2.75, 3.05) is 26.2 Å². The van der Waals surface area contributed by atoms with E-state index in [0.29, 0.717) is 5.41 Å². The van der Waals surface area contributed by atoms with Gasteiger partial charge in [-0.3, -0.25) is 4.90 Å². The van der Waals surface area contributed by atoms with Crippen LogP contribution in [0.15, 0.2) is 22.7 Å². The van der Waals surface area contributed by atoms with Crippen molar-refractivity contribution in [3.8, 4) is 0 Å². The van der Waals surface area contributed by atoms with Crippen LogP contribution in [-0.4, -0.2) is 31.1 Å². The van der Waals surface area contributed by atoms with Crippen molar-refractivity contribution in [1.29, 1.82) is 0 Å². The summed E-state index contributed by atoms with van der Waals surface area (Å²) in [7, 11) is 0. The Morgan fingerprint density at radius 2 is 2.05 bits per heavy atom. The van der Waals surface area contributed by atoms with E-state index in [4.69, 9.17) is 11.6 Å². The maximum atomic E-state index is 6.10. The highest BCUT2D eigenvalue weighted by atomic mass is 79.9. The molecule has 0 unspecified atom stereocenters. The van der Waals surface area contributed by atoms with Crippen molar-refractivity contribution >= 4 is 27.5 Å². The number of rotatable bonds is 2. The molecular formula is C15H20BrClN2. The van der Waals surface area contributed by atoms with Gasteiger partial charge in [-0.15, -0.1) is 0 Å². The van der Waals surface area contributed by atoms with Crippen LogP contribution in [0.2, 0.25) is 5.02 Å². The summed E-state index contributed by atoms with van der Waals surface area (Å²) in [5.41, 5.74) is 1.88. The van der Waals surface area contributed by atoms with Crippen LogP contribution >= 0.6 is 27.5 Å². The van der Waals surface area contributed by atoms with E-state index in [1.54, 1.807) is 0 Å². The number of nitrogens with one attached hydrogen (secondary N) is 1. The smallest absolute Gasteiger partial charge is 0.0410 e. The van der Waals surface area contributed by atoms with Gasteiger partial charge >= 0.3 is 0 Å². The highest BCUT2D eigenvalue weighted by Gasteiger charge is 2.38. The van der Waals surface area contributed by atoms with Crippen molar-refractivity contribution in [2.24, 2.45) is 5.41 Å². The van der Waals surface area contributed by atoms with Gasteiger partial charge in [0.1, 0.15) is 0 Å². The molecule has 4 heteroatoms. The fraction of sp³-hybridized carbons (Fsp3) is 0.600. The largest absolute Gasteiger partial charge is 0.317 e. The lowest BCUT2D eigenvalue weighted by molar-refractivity contribution is 0.194. The lowest BCUT2D eigenvalue weighted by Gasteiger charge is -2.34. The number of hydrogen-bond acceptors (Lipinski definition) is 2. The number of likely N-dealkylation sites (tertiary alicyclic amines) is 1. The zero-order chi connectivity index (χ0) is 13.3. The number of halogens is 2. The van der Waals surface area contributed by atoms with Crippen molar-refractivity contribution in [3.63, 3.8) is 0 Å². The normalized spacial score (nSPS) is 23.1. The summed E-state index contributed by atoms with van der Waals surface area (Å²) in [5.74, 6) is 0. The highest BCUT2D eigenvalue weighted by molar-refractivity contribution is 9.10. The average Bonchev–Trinajstić information content (AvgIpc) is 2.78. The Morgan fingerprint density at radius 3 is 2.84 bits per heavy atom. The second-order valence-electron chi connectivity index (χ2n) is 5.95. The van der Waals surface area contributed by atoms with Gasteiger partial charge in [0.2, 0.25) is 0 Å². The first kappa shape index (κ1) is 13.9. The number of hydrogen-bond donors (Lipinski definition) is 1. The van der Waals surface area contributed by atoms with Crippen LogP contribution in [0.1, 0.15) is 24.8 Å². The van der Waals surface area contributed by atoms with Crippen molar-refractivity contribution in [2.45, 2.75) is 25.8 Å². The van der Waals surface area contributed by atoms with Crippen molar-refractivity contribution in [1.82, 2.24) is 10.2 Å². The molecule has 19 heavy (non-hydrogen) atoms. The topological polar surface area (TPSA) is 15.3 Å². The summed E-state index contributed by atoms with van der Waals surface area (Å²) >= 11 is 9.73. The first-order chi connectivity index (χ1) is 9.17. The van der Waals surface area contributed by atoms with Crippen LogP contribution in [0, 0.1) is 5.41 Å². The van der Waals surface area contributed by atoms with E-state index in [0.717, 1.165) is 11.6 Å². The van der Waals surface area contributed by atoms with Crippen LogP contribution in [0.3, 0.4) is 0 Å². The molecule has 1 spiro atoms. The van der Waals surface area contributed by atoms with Gasteiger partial charge in [-0.05, 0) is 68.1 Å². The third kappa shape index (κ3) is 3.15. The minimum absolute atomic E-state index is 0.580. The minimum Gasteiger partial charge on any atom is -0.317 e. The summed E-state index contributed by atoms with van der Waals surface area (Å²) in [5, 5.41) is 4.30. The monoisotopic (exact) mass is 342 g/mol. The van der Waals surface area contributed by atoms with Gasteiger partial charge in [0.25, 0.3) is 0 Å². The van der Waals surface area contributed by atoms with E-state index < -0.39 is 0 Å². The van der Waals surface area contributed by atoms with Crippen molar-refractivity contribution < 1.29 is 0 Å². The predicted octanol–water partition coefficient (Wildman–Crippen LogP) is 3.68. The molecule has 1 aromatic rings. The Hall–Kier alpha value is -0.0900. The van der Waals surface area contributed by atoms with Gasteiger partial charge < -0.3 is 5.32 Å². The molecule has 2 saturated heterocycles. The molecular weight excluding hydrogens is 324 g/mol. The molecule has 3 rings (SSSR count). The lowest BCUT2D eigenvalue weighted by atomic mass is 9.78. The molecule has 2 heterocycles. The molecule has 104 valence electrons. The van der Waals surface area contributed by atoms with Gasteiger partial charge in [-0.2, -0.15) is 0 Å². The van der Waals surface area contributed by atoms with E-state index in [9.17, 15) is 0 Å². The molecule has 0 radical (unpaired) electrons. The highest BCUT2D eigenvalue weighted by Crippen LogP contribution is 2.39. The van der Waals surface area contributed by atoms with E-state index in [1.165, 1.54) is 55.5 Å². The maximum Gasteiger partial charge on any atom is 0.0410 e. The second kappa shape index (κ2) is 5.72. The SMILES string of the molecule is Clc1ccc(Br)c(CN2CCC3(CCNCC3)C2)c1. The van der Waals surface area contributed by atoms with Crippen LogP contribution < -0.4 is 5.32 Å². The van der Waals surface area contributed by atoms with Gasteiger partial charge in [0.15, 0.2) is 0 Å². The number of benzene rings is 1. The molecule has 2 aliphatic heterocycles. The third-order valence-corrected chi connectivity index (χ3v) is 5.59. The zero-order valence-electron chi connectivity index (χ0n) is 11.1. The Morgan fingerprint density at radius 1 is 1.26 bits per heavy atom. The summed E-state index contributed by atoms with van der Waals surface area (Å²) in [6, 6.07) is 6.07. The number of piperidine rings is 1. The fourth-order valence-electron chi connectivity index (χ4n) is 3.43. The molecule has 1 aromatic carbocycles. The Balaban J connectivity index is 1.66. The molecule has 0 atom stereocenters. The molecule has 0 amide bonds. The van der Waals surface area contributed by atoms with E-state index in [2.05, 4.69) is 32.2 Å². The fourth-order valence-corrected chi connectivity index (χ4v) is 4.00. The average molecular weight is 344 g/mol. The summed E-state index contributed by atoms with van der Waals surface area (Å²) in [6.07, 6.45) is 4.02. The Kier molecular flexibility index (Phi) is 4.18. The predicted molar refractivity (Wildman–Crippen MR) is 83.6 cm³/mol. The Bertz CT molecular complexity index is 457. The van der Waals surface area contributed by atoms with E-state index in [1.807, 2.05) is 12.1 Å². The molecule has 0 aliphatic carbocycles. The van der Waals surface area contributed by atoms with Crippen LogP contribution in [0.4, 0.5) is 0 Å². The molecule has 0 saturated carbocycles. The van der Waals surface area contributed by atoms with E-state index in [-0.39, 0.29) is 0 Å². The lowest BCUT2D eigenvalue weighted by Crippen LogP contribution is -2.38. The molecule has 2 aliphatic rings. The summed E-state index contributed by atoms with van der Waals surface area (Å²) in [4.78, 5) is 2.59. The Labute approximate surface area is 128 Å². The maximum absolute atomic E-state index is 6.10. The summed E-state index contributed by atoms with van der Waals surface area (Å²) < 4.78 is 1.17. The molecule has 0 bridgehead atoms. The zero-order valence-corrected chi connectivity index (χ0v) is 13.4. The standard InChI is InChI=1S/C15H20BrClN2/c16-14-2-1-13(17)9-12(14)10-19-8-5-15(11-19)3-6-18-7-4-15/h1-2,9,18H,3-8,10-11H2.